The summed E-state index contributed by atoms with van der Waals surface area (Å²) in [5.41, 5.74) is 4.04. The van der Waals surface area contributed by atoms with E-state index in [9.17, 15) is 13.6 Å². The van der Waals surface area contributed by atoms with Gasteiger partial charge in [0, 0.05) is 12.1 Å². The first-order valence-electron chi connectivity index (χ1n) is 11.5. The Morgan fingerprint density at radius 1 is 0.889 bits per heavy atom. The molecule has 4 aromatic carbocycles. The molecule has 0 amide bonds. The molecular formula is C31H23F2NO2. The van der Waals surface area contributed by atoms with E-state index >= 15 is 0 Å². The van der Waals surface area contributed by atoms with E-state index in [4.69, 9.17) is 10.00 Å². The molecule has 0 saturated carbocycles. The van der Waals surface area contributed by atoms with Gasteiger partial charge in [-0.25, -0.2) is 13.6 Å². The molecule has 0 fully saturated rings. The van der Waals surface area contributed by atoms with Gasteiger partial charge in [-0.3, -0.25) is 0 Å². The number of nitriles is 1. The number of carbonyl (C=O) groups excluding carboxylic acids is 1. The molecule has 0 radical (unpaired) electrons. The zero-order valence-electron chi connectivity index (χ0n) is 19.6. The predicted molar refractivity (Wildman–Crippen MR) is 136 cm³/mol. The van der Waals surface area contributed by atoms with Crippen molar-refractivity contribution in [2.75, 3.05) is 0 Å². The molecule has 0 aliphatic rings. The molecule has 0 aliphatic heterocycles. The monoisotopic (exact) mass is 479 g/mol. The first-order chi connectivity index (χ1) is 17.4. The summed E-state index contributed by atoms with van der Waals surface area (Å²) >= 11 is 0. The summed E-state index contributed by atoms with van der Waals surface area (Å²) in [5, 5.41) is 8.73. The molecule has 5 heteroatoms. The zero-order valence-corrected chi connectivity index (χ0v) is 19.6. The number of esters is 1. The fraction of sp³-hybridized carbons (Fsp3) is 0.0968. The van der Waals surface area contributed by atoms with Crippen LogP contribution in [0, 0.1) is 23.0 Å². The fourth-order valence-electron chi connectivity index (χ4n) is 3.82. The van der Waals surface area contributed by atoms with E-state index < -0.39 is 23.2 Å². The molecule has 1 atom stereocenters. The minimum absolute atomic E-state index is 0.231. The highest BCUT2D eigenvalue weighted by atomic mass is 19.1. The van der Waals surface area contributed by atoms with E-state index in [-0.39, 0.29) is 11.3 Å². The van der Waals surface area contributed by atoms with Crippen LogP contribution in [0.1, 0.15) is 51.0 Å². The number of nitrogens with zero attached hydrogens (tertiary/aromatic N) is 1. The summed E-state index contributed by atoms with van der Waals surface area (Å²) < 4.78 is 32.5. The van der Waals surface area contributed by atoms with Gasteiger partial charge in [-0.2, -0.15) is 5.26 Å². The van der Waals surface area contributed by atoms with Crippen molar-refractivity contribution in [1.29, 1.82) is 5.26 Å². The lowest BCUT2D eigenvalue weighted by atomic mass is 9.93. The van der Waals surface area contributed by atoms with E-state index in [0.717, 1.165) is 29.7 Å². The predicted octanol–water partition coefficient (Wildman–Crippen LogP) is 7.57. The van der Waals surface area contributed by atoms with Crippen molar-refractivity contribution >= 4 is 18.1 Å². The zero-order chi connectivity index (χ0) is 25.5. The van der Waals surface area contributed by atoms with Crippen LogP contribution in [0.4, 0.5) is 8.78 Å². The maximum absolute atomic E-state index is 13.7. The Hall–Kier alpha value is -4.56. The molecular weight excluding hydrogens is 456 g/mol. The van der Waals surface area contributed by atoms with Gasteiger partial charge in [-0.15, -0.1) is 0 Å². The van der Waals surface area contributed by atoms with Gasteiger partial charge in [0.25, 0.3) is 0 Å². The van der Waals surface area contributed by atoms with E-state index in [1.807, 2.05) is 18.2 Å². The lowest BCUT2D eigenvalue weighted by Crippen LogP contribution is -2.09. The Bertz CT molecular complexity index is 1400. The van der Waals surface area contributed by atoms with E-state index in [2.05, 4.69) is 55.5 Å². The maximum Gasteiger partial charge on any atom is 0.343 e. The lowest BCUT2D eigenvalue weighted by Gasteiger charge is -2.12. The molecule has 0 saturated heterocycles. The molecule has 0 aromatic heterocycles. The SMILES string of the molecule is CC(Cc1ccc(/C=C/c2ccc(C(=O)Oc3cc(F)c(C#N)c(F)c3)cc2)cc1)c1ccccc1. The summed E-state index contributed by atoms with van der Waals surface area (Å²) in [6.07, 6.45) is 4.88. The molecule has 4 aromatic rings. The molecule has 178 valence electrons. The van der Waals surface area contributed by atoms with Crippen LogP contribution in [0.5, 0.6) is 5.75 Å². The Morgan fingerprint density at radius 3 is 2.00 bits per heavy atom. The van der Waals surface area contributed by atoms with Crippen molar-refractivity contribution in [3.8, 4) is 11.8 Å². The van der Waals surface area contributed by atoms with Crippen molar-refractivity contribution in [1.82, 2.24) is 0 Å². The molecule has 0 bridgehead atoms. The second kappa shape index (κ2) is 11.2. The number of hydrogen-bond donors (Lipinski definition) is 0. The Kier molecular flexibility index (Phi) is 7.67. The summed E-state index contributed by atoms with van der Waals surface area (Å²) in [6.45, 7) is 2.23. The largest absolute Gasteiger partial charge is 0.423 e. The van der Waals surface area contributed by atoms with Gasteiger partial charge in [0.1, 0.15) is 29.0 Å². The van der Waals surface area contributed by atoms with Crippen LogP contribution in [0.2, 0.25) is 0 Å². The second-order valence-corrected chi connectivity index (χ2v) is 8.48. The number of carbonyl (C=O) groups is 1. The van der Waals surface area contributed by atoms with E-state index in [1.54, 1.807) is 24.3 Å². The molecule has 0 spiro atoms. The number of rotatable bonds is 7. The standard InChI is InChI=1S/C31H23F2NO2/c1-21(25-5-3-2-4-6-25)17-24-11-9-22(10-12-24)7-8-23-13-15-26(16-14-23)31(35)36-27-18-29(32)28(20-34)30(33)19-27/h2-16,18-19,21H,17H2,1H3/b8-7+. The van der Waals surface area contributed by atoms with Crippen molar-refractivity contribution in [3.05, 3.63) is 136 Å². The minimum atomic E-state index is -1.08. The molecule has 0 heterocycles. The molecule has 0 aliphatic carbocycles. The highest BCUT2D eigenvalue weighted by Gasteiger charge is 2.15. The average Bonchev–Trinajstić information content (AvgIpc) is 2.89. The molecule has 0 N–H and O–H groups in total. The van der Waals surface area contributed by atoms with E-state index in [1.165, 1.54) is 17.2 Å². The molecule has 4 rings (SSSR count). The second-order valence-electron chi connectivity index (χ2n) is 8.48. The van der Waals surface area contributed by atoms with Crippen molar-refractivity contribution in [2.45, 2.75) is 19.3 Å². The van der Waals surface area contributed by atoms with Crippen LogP contribution in [0.15, 0.2) is 91.0 Å². The van der Waals surface area contributed by atoms with Crippen LogP contribution < -0.4 is 4.74 Å². The minimum Gasteiger partial charge on any atom is -0.423 e. The van der Waals surface area contributed by atoms with Crippen molar-refractivity contribution < 1.29 is 18.3 Å². The van der Waals surface area contributed by atoms with Gasteiger partial charge in [0.15, 0.2) is 0 Å². The maximum atomic E-state index is 13.7. The number of hydrogen-bond acceptors (Lipinski definition) is 3. The van der Waals surface area contributed by atoms with Crippen LogP contribution >= 0.6 is 0 Å². The third-order valence-electron chi connectivity index (χ3n) is 5.84. The van der Waals surface area contributed by atoms with Gasteiger partial charge in [0.05, 0.1) is 5.56 Å². The summed E-state index contributed by atoms with van der Waals surface area (Å²) in [4.78, 5) is 12.3. The van der Waals surface area contributed by atoms with Gasteiger partial charge < -0.3 is 4.74 Å². The van der Waals surface area contributed by atoms with Gasteiger partial charge in [-0.1, -0.05) is 85.8 Å². The molecule has 1 unspecified atom stereocenters. The molecule has 3 nitrogen and oxygen atoms in total. The first kappa shape index (κ1) is 24.6. The number of ether oxygens (including phenoxy) is 1. The summed E-state index contributed by atoms with van der Waals surface area (Å²) in [5.74, 6) is -2.79. The van der Waals surface area contributed by atoms with Gasteiger partial charge in [-0.05, 0) is 46.7 Å². The topological polar surface area (TPSA) is 50.1 Å². The Labute approximate surface area is 208 Å². The first-order valence-corrected chi connectivity index (χ1v) is 11.5. The summed E-state index contributed by atoms with van der Waals surface area (Å²) in [7, 11) is 0. The third-order valence-corrected chi connectivity index (χ3v) is 5.84. The highest BCUT2D eigenvalue weighted by Crippen LogP contribution is 2.22. The Morgan fingerprint density at radius 2 is 1.44 bits per heavy atom. The molecule has 36 heavy (non-hydrogen) atoms. The average molecular weight is 480 g/mol. The van der Waals surface area contributed by atoms with Gasteiger partial charge >= 0.3 is 5.97 Å². The lowest BCUT2D eigenvalue weighted by molar-refractivity contribution is 0.0734. The van der Waals surface area contributed by atoms with Crippen LogP contribution in [0.25, 0.3) is 12.2 Å². The fourth-order valence-corrected chi connectivity index (χ4v) is 3.82. The van der Waals surface area contributed by atoms with E-state index in [0.29, 0.717) is 5.92 Å². The van der Waals surface area contributed by atoms with Crippen molar-refractivity contribution in [2.24, 2.45) is 0 Å². The Balaban J connectivity index is 1.36. The summed E-state index contributed by atoms with van der Waals surface area (Å²) in [6, 6.07) is 28.6. The quantitative estimate of drug-likeness (QED) is 0.156. The van der Waals surface area contributed by atoms with Crippen LogP contribution in [-0.4, -0.2) is 5.97 Å². The van der Waals surface area contributed by atoms with Gasteiger partial charge in [0.2, 0.25) is 0 Å². The normalized spacial score (nSPS) is 11.7. The van der Waals surface area contributed by atoms with Crippen LogP contribution in [-0.2, 0) is 6.42 Å². The number of benzene rings is 4. The smallest absolute Gasteiger partial charge is 0.343 e. The highest BCUT2D eigenvalue weighted by molar-refractivity contribution is 5.91. The van der Waals surface area contributed by atoms with Crippen molar-refractivity contribution in [3.63, 3.8) is 0 Å². The third kappa shape index (κ3) is 6.11. The number of halogens is 2. The van der Waals surface area contributed by atoms with Crippen LogP contribution in [0.3, 0.4) is 0 Å².